The predicted octanol–water partition coefficient (Wildman–Crippen LogP) is 6.72. The lowest BCUT2D eigenvalue weighted by Gasteiger charge is -2.28. The van der Waals surface area contributed by atoms with Gasteiger partial charge in [-0.1, -0.05) is 51.0 Å². The summed E-state index contributed by atoms with van der Waals surface area (Å²) in [7, 11) is 0. The molecule has 0 aliphatic carbocycles. The van der Waals surface area contributed by atoms with Crippen molar-refractivity contribution in [3.05, 3.63) is 126 Å². The first-order valence-corrected chi connectivity index (χ1v) is 25.4. The Morgan fingerprint density at radius 2 is 1.66 bits per heavy atom. The number of nitrogens with one attached hydrogen (secondary N) is 6. The van der Waals surface area contributed by atoms with Crippen molar-refractivity contribution in [2.24, 2.45) is 11.7 Å². The van der Waals surface area contributed by atoms with Crippen molar-refractivity contribution in [2.75, 3.05) is 49.9 Å². The highest BCUT2D eigenvalue weighted by molar-refractivity contribution is 6.12. The SMILES string of the molecule is Cc1cccc(-c2nc(CNc3ccc4c(c3)CN(C(=O)OCc3ccc(NC[C@H](CCCNC(N)=O)NC[C@@H](NCCCCCCN5C(=O)C=CC5=O)C(C)C)cc3)CC4)[nH]c2-c2ccc3ncnn3c2)n1. The van der Waals surface area contributed by atoms with Gasteiger partial charge in [0.2, 0.25) is 0 Å². The van der Waals surface area contributed by atoms with Gasteiger partial charge in [0, 0.05) is 92.3 Å². The number of aryl methyl sites for hydroxylation is 1. The minimum Gasteiger partial charge on any atom is -0.445 e. The number of urea groups is 1. The average molecular weight is 993 g/mol. The first-order valence-electron chi connectivity index (χ1n) is 25.4. The molecule has 0 radical (unpaired) electrons. The van der Waals surface area contributed by atoms with E-state index < -0.39 is 6.03 Å². The molecule has 6 aromatic rings. The average Bonchev–Trinajstić information content (AvgIpc) is 4.13. The van der Waals surface area contributed by atoms with Crippen LogP contribution in [0.3, 0.4) is 0 Å². The maximum absolute atomic E-state index is 13.4. The third kappa shape index (κ3) is 14.5. The third-order valence-corrected chi connectivity index (χ3v) is 13.3. The summed E-state index contributed by atoms with van der Waals surface area (Å²) >= 11 is 0. The lowest BCUT2D eigenvalue weighted by Crippen LogP contribution is -2.47. The van der Waals surface area contributed by atoms with Crippen LogP contribution in [0.15, 0.2) is 97.5 Å². The number of aromatic amines is 1. The maximum Gasteiger partial charge on any atom is 0.410 e. The van der Waals surface area contributed by atoms with Crippen LogP contribution in [0.5, 0.6) is 0 Å². The molecule has 6 heterocycles. The molecule has 0 saturated carbocycles. The number of imidazole rings is 1. The van der Waals surface area contributed by atoms with E-state index in [1.54, 1.807) is 9.42 Å². The van der Waals surface area contributed by atoms with Gasteiger partial charge in [-0.05, 0) is 117 Å². The molecule has 0 fully saturated rings. The molecule has 2 atom stereocenters. The molecule has 0 spiro atoms. The fraction of sp³-hybridized carbons (Fsp3) is 0.407. The van der Waals surface area contributed by atoms with Crippen molar-refractivity contribution >= 4 is 41.0 Å². The van der Waals surface area contributed by atoms with E-state index in [2.05, 4.69) is 73.7 Å². The van der Waals surface area contributed by atoms with Crippen molar-refractivity contribution in [1.82, 2.24) is 55.3 Å². The Bertz CT molecular complexity index is 2840. The topological polar surface area (TPSA) is 242 Å². The Hall–Kier alpha value is -7.64. The zero-order valence-electron chi connectivity index (χ0n) is 42.0. The van der Waals surface area contributed by atoms with Gasteiger partial charge in [-0.25, -0.2) is 24.1 Å². The quantitative estimate of drug-likeness (QED) is 0.0221. The molecular formula is C54H68N14O5. The van der Waals surface area contributed by atoms with Gasteiger partial charge in [0.25, 0.3) is 11.8 Å². The maximum atomic E-state index is 13.4. The number of nitrogens with zero attached hydrogens (tertiary/aromatic N) is 7. The van der Waals surface area contributed by atoms with E-state index in [9.17, 15) is 19.2 Å². The number of unbranched alkanes of at least 4 members (excludes halogenated alkanes) is 3. The molecule has 73 heavy (non-hydrogen) atoms. The number of anilines is 2. The first kappa shape index (κ1) is 51.7. The molecule has 8 N–H and O–H groups in total. The number of imide groups is 1. The van der Waals surface area contributed by atoms with Crippen molar-refractivity contribution in [3.8, 4) is 22.6 Å². The van der Waals surface area contributed by atoms with Crippen molar-refractivity contribution in [2.45, 2.75) is 97.5 Å². The van der Waals surface area contributed by atoms with E-state index in [1.165, 1.54) is 28.9 Å². The monoisotopic (exact) mass is 993 g/mol. The summed E-state index contributed by atoms with van der Waals surface area (Å²) in [5.41, 5.74) is 15.3. The Morgan fingerprint density at radius 3 is 2.45 bits per heavy atom. The summed E-state index contributed by atoms with van der Waals surface area (Å²) < 4.78 is 7.58. The fourth-order valence-electron chi connectivity index (χ4n) is 9.11. The fourth-order valence-corrected chi connectivity index (χ4v) is 9.11. The molecule has 2 aromatic carbocycles. The molecule has 4 aromatic heterocycles. The highest BCUT2D eigenvalue weighted by Crippen LogP contribution is 2.30. The Balaban J connectivity index is 0.788. The van der Waals surface area contributed by atoms with Crippen molar-refractivity contribution < 1.29 is 23.9 Å². The predicted molar refractivity (Wildman–Crippen MR) is 281 cm³/mol. The molecule has 8 rings (SSSR count). The van der Waals surface area contributed by atoms with Gasteiger partial charge in [-0.3, -0.25) is 19.5 Å². The van der Waals surface area contributed by atoms with Gasteiger partial charge in [-0.15, -0.1) is 0 Å². The number of fused-ring (bicyclic) bond motifs is 2. The van der Waals surface area contributed by atoms with Crippen LogP contribution in [0.4, 0.5) is 21.0 Å². The number of rotatable bonds is 26. The molecule has 2 aliphatic heterocycles. The number of hydrogen-bond acceptors (Lipinski definition) is 13. The smallest absolute Gasteiger partial charge is 0.410 e. The number of nitrogens with two attached hydrogens (primary N) is 1. The number of carbonyl (C=O) groups is 4. The number of amides is 5. The zero-order chi connectivity index (χ0) is 51.1. The molecular weight excluding hydrogens is 925 g/mol. The highest BCUT2D eigenvalue weighted by atomic mass is 16.6. The molecule has 5 amide bonds. The molecule has 19 nitrogen and oxygen atoms in total. The number of benzene rings is 2. The molecule has 0 unspecified atom stereocenters. The Labute approximate surface area is 426 Å². The van der Waals surface area contributed by atoms with E-state index in [0.717, 1.165) is 120 Å². The molecule has 0 bridgehead atoms. The number of H-pyrrole nitrogens is 1. The summed E-state index contributed by atoms with van der Waals surface area (Å²) in [6, 6.07) is 23.9. The van der Waals surface area contributed by atoms with Crippen LogP contribution in [-0.4, -0.2) is 115 Å². The summed E-state index contributed by atoms with van der Waals surface area (Å²) in [6.45, 7) is 11.3. The van der Waals surface area contributed by atoms with Gasteiger partial charge in [0.05, 0.1) is 17.9 Å². The number of carbonyl (C=O) groups excluding carboxylic acids is 4. The second kappa shape index (κ2) is 25.1. The molecule has 19 heteroatoms. The van der Waals surface area contributed by atoms with Crippen LogP contribution in [0.1, 0.15) is 80.6 Å². The van der Waals surface area contributed by atoms with Crippen LogP contribution in [0.2, 0.25) is 0 Å². The van der Waals surface area contributed by atoms with Crippen LogP contribution >= 0.6 is 0 Å². The van der Waals surface area contributed by atoms with Crippen LogP contribution in [0, 0.1) is 12.8 Å². The largest absolute Gasteiger partial charge is 0.445 e. The number of hydrogen-bond donors (Lipinski definition) is 7. The summed E-state index contributed by atoms with van der Waals surface area (Å²) in [4.78, 5) is 69.0. The van der Waals surface area contributed by atoms with Crippen molar-refractivity contribution in [1.29, 1.82) is 0 Å². The van der Waals surface area contributed by atoms with E-state index in [1.807, 2.05) is 67.7 Å². The van der Waals surface area contributed by atoms with Gasteiger partial charge in [0.1, 0.15) is 24.5 Å². The molecule has 384 valence electrons. The summed E-state index contributed by atoms with van der Waals surface area (Å²) in [5.74, 6) is 0.707. The third-order valence-electron chi connectivity index (χ3n) is 13.3. The number of ether oxygens (including phenoxy) is 1. The van der Waals surface area contributed by atoms with E-state index in [-0.39, 0.29) is 36.6 Å². The number of primary amides is 1. The second-order valence-electron chi connectivity index (χ2n) is 19.1. The minimum atomic E-state index is -0.528. The highest BCUT2D eigenvalue weighted by Gasteiger charge is 2.24. The second-order valence-corrected chi connectivity index (χ2v) is 19.1. The normalized spacial score (nSPS) is 14.2. The Kier molecular flexibility index (Phi) is 17.8. The van der Waals surface area contributed by atoms with Gasteiger partial charge < -0.3 is 46.9 Å². The van der Waals surface area contributed by atoms with Crippen LogP contribution < -0.4 is 32.3 Å². The Morgan fingerprint density at radius 1 is 0.849 bits per heavy atom. The standard InChI is InChI=1S/C54H68N14O5/c1-36(2)46(56-24-6-4-5-7-26-67-49(69)21-22-50(67)70)30-59-44(11-9-25-57-53(55)71)29-58-42-17-13-38(14-18-42)34-73-54(72)66-27-23-39-15-19-43(28-41(39)32-66)60-31-47-64-51(40-16-20-48-61-35-62-68(48)33-40)52(65-47)45-12-8-10-37(3)63-45/h8,10,12-22,28,33,35-36,44,46,56,58-60H,4-7,9,11,23-27,29-32,34H2,1-3H3,(H,64,65)(H3,55,57,71)/t44-,46+/m0/s1. The van der Waals surface area contributed by atoms with E-state index >= 15 is 0 Å². The van der Waals surface area contributed by atoms with Crippen molar-refractivity contribution in [3.63, 3.8) is 0 Å². The number of pyridine rings is 2. The van der Waals surface area contributed by atoms with E-state index in [0.29, 0.717) is 45.2 Å². The molecule has 2 aliphatic rings. The zero-order valence-corrected chi connectivity index (χ0v) is 42.0. The van der Waals surface area contributed by atoms with E-state index in [4.69, 9.17) is 20.4 Å². The number of aromatic nitrogens is 6. The minimum absolute atomic E-state index is 0.123. The van der Waals surface area contributed by atoms with Gasteiger partial charge in [-0.2, -0.15) is 5.10 Å². The summed E-state index contributed by atoms with van der Waals surface area (Å²) in [6.07, 6.45) is 11.9. The van der Waals surface area contributed by atoms with Crippen LogP contribution in [0.25, 0.3) is 28.3 Å². The van der Waals surface area contributed by atoms with Gasteiger partial charge >= 0.3 is 12.1 Å². The van der Waals surface area contributed by atoms with Gasteiger partial charge in [0.15, 0.2) is 5.65 Å². The first-order chi connectivity index (χ1) is 35.4. The lowest BCUT2D eigenvalue weighted by atomic mass is 9.99. The molecule has 0 saturated heterocycles. The summed E-state index contributed by atoms with van der Waals surface area (Å²) in [5, 5.41) is 21.6. The lowest BCUT2D eigenvalue weighted by molar-refractivity contribution is -0.136. The van der Waals surface area contributed by atoms with Crippen LogP contribution in [-0.2, 0) is 40.4 Å².